The van der Waals surface area contributed by atoms with E-state index in [1.54, 1.807) is 4.90 Å². The molecule has 1 aliphatic rings. The van der Waals surface area contributed by atoms with Crippen LogP contribution in [0.1, 0.15) is 23.7 Å². The number of rotatable bonds is 3. The fourth-order valence-electron chi connectivity index (χ4n) is 2.38. The van der Waals surface area contributed by atoms with Crippen LogP contribution in [-0.2, 0) is 11.0 Å². The number of carbonyl (C=O) groups excluding carboxylic acids is 1. The lowest BCUT2D eigenvalue weighted by molar-refractivity contribution is -0.139. The molecule has 0 radical (unpaired) electrons. The highest BCUT2D eigenvalue weighted by molar-refractivity contribution is 5.76. The molecule has 1 aliphatic heterocycles. The number of aliphatic hydroxyl groups excluding tert-OH is 1. The Morgan fingerprint density at radius 2 is 2.00 bits per heavy atom. The smallest absolute Gasteiger partial charge is 0.387 e. The van der Waals surface area contributed by atoms with Crippen molar-refractivity contribution in [3.8, 4) is 0 Å². The van der Waals surface area contributed by atoms with E-state index in [0.717, 1.165) is 6.07 Å². The molecule has 1 aromatic carbocycles. The summed E-state index contributed by atoms with van der Waals surface area (Å²) in [5.74, 6) is -0.0809. The largest absolute Gasteiger partial charge is 0.416 e. The van der Waals surface area contributed by atoms with Gasteiger partial charge in [0.2, 0.25) is 5.91 Å². The molecule has 1 atom stereocenters. The van der Waals surface area contributed by atoms with Gasteiger partial charge in [-0.2, -0.15) is 13.2 Å². The van der Waals surface area contributed by atoms with E-state index in [1.807, 2.05) is 0 Å². The number of aliphatic hydroxyl groups is 1. The Bertz CT molecular complexity index is 505. The number of amides is 1. The Kier molecular flexibility index (Phi) is 4.84. The van der Waals surface area contributed by atoms with Crippen LogP contribution >= 0.6 is 0 Å². The number of β-amino-alcohol motifs (C(OH)–C–C–N with tert-alkyl or cyclic N) is 1. The summed E-state index contributed by atoms with van der Waals surface area (Å²) in [6.07, 6.45) is -5.45. The first kappa shape index (κ1) is 15.8. The zero-order valence-corrected chi connectivity index (χ0v) is 11.4. The number of hydrogen-bond donors (Lipinski definition) is 2. The molecule has 0 spiro atoms. The predicted molar refractivity (Wildman–Crippen MR) is 70.5 cm³/mol. The average molecular weight is 302 g/mol. The van der Waals surface area contributed by atoms with Crippen molar-refractivity contribution in [2.75, 3.05) is 26.2 Å². The Morgan fingerprint density at radius 1 is 1.29 bits per heavy atom. The van der Waals surface area contributed by atoms with E-state index in [9.17, 15) is 23.1 Å². The third-order valence-electron chi connectivity index (χ3n) is 3.46. The van der Waals surface area contributed by atoms with Crippen molar-refractivity contribution < 1.29 is 23.1 Å². The number of nitrogens with one attached hydrogen (secondary N) is 1. The van der Waals surface area contributed by atoms with E-state index >= 15 is 0 Å². The van der Waals surface area contributed by atoms with Crippen LogP contribution < -0.4 is 5.32 Å². The molecule has 0 aromatic heterocycles. The van der Waals surface area contributed by atoms with Crippen molar-refractivity contribution in [1.29, 1.82) is 0 Å². The van der Waals surface area contributed by atoms with E-state index in [0.29, 0.717) is 19.6 Å². The maximum atomic E-state index is 12.9. The molecule has 21 heavy (non-hydrogen) atoms. The second-order valence-corrected chi connectivity index (χ2v) is 5.00. The zero-order chi connectivity index (χ0) is 15.5. The Labute approximate surface area is 120 Å². The van der Waals surface area contributed by atoms with Crippen LogP contribution in [0.5, 0.6) is 0 Å². The predicted octanol–water partition coefficient (Wildman–Crippen LogP) is 1.56. The second-order valence-electron chi connectivity index (χ2n) is 5.00. The minimum Gasteiger partial charge on any atom is -0.387 e. The van der Waals surface area contributed by atoms with E-state index in [4.69, 9.17) is 0 Å². The fraction of sp³-hybridized carbons (Fsp3) is 0.500. The lowest BCUT2D eigenvalue weighted by Crippen LogP contribution is -2.32. The lowest BCUT2D eigenvalue weighted by atomic mass is 10.0. The van der Waals surface area contributed by atoms with Crippen LogP contribution in [0.4, 0.5) is 13.2 Å². The normalized spacial score (nSPS) is 19.0. The summed E-state index contributed by atoms with van der Waals surface area (Å²) in [7, 11) is 0. The summed E-state index contributed by atoms with van der Waals surface area (Å²) in [6, 6.07) is 5.02. The lowest BCUT2D eigenvalue weighted by Gasteiger charge is -2.24. The van der Waals surface area contributed by atoms with Crippen molar-refractivity contribution in [3.63, 3.8) is 0 Å². The van der Waals surface area contributed by atoms with Crippen molar-refractivity contribution >= 4 is 5.91 Å². The fourth-order valence-corrected chi connectivity index (χ4v) is 2.38. The number of hydrogen-bond acceptors (Lipinski definition) is 3. The van der Waals surface area contributed by atoms with Crippen molar-refractivity contribution in [3.05, 3.63) is 35.4 Å². The molecular weight excluding hydrogens is 285 g/mol. The van der Waals surface area contributed by atoms with Gasteiger partial charge in [-0.05, 0) is 11.6 Å². The van der Waals surface area contributed by atoms with Gasteiger partial charge in [-0.15, -0.1) is 0 Å². The van der Waals surface area contributed by atoms with Crippen molar-refractivity contribution in [2.24, 2.45) is 0 Å². The number of halogens is 3. The highest BCUT2D eigenvalue weighted by atomic mass is 19.4. The van der Waals surface area contributed by atoms with Gasteiger partial charge in [0, 0.05) is 32.6 Å². The van der Waals surface area contributed by atoms with Gasteiger partial charge >= 0.3 is 6.18 Å². The van der Waals surface area contributed by atoms with Gasteiger partial charge < -0.3 is 10.4 Å². The third-order valence-corrected chi connectivity index (χ3v) is 3.46. The van der Waals surface area contributed by atoms with E-state index in [2.05, 4.69) is 5.32 Å². The van der Waals surface area contributed by atoms with Gasteiger partial charge in [0.25, 0.3) is 0 Å². The zero-order valence-electron chi connectivity index (χ0n) is 11.4. The minimum absolute atomic E-state index is 0.0715. The number of alkyl halides is 3. The van der Waals surface area contributed by atoms with Crippen molar-refractivity contribution in [1.82, 2.24) is 10.2 Å². The van der Waals surface area contributed by atoms with Gasteiger partial charge in [0.15, 0.2) is 0 Å². The molecule has 1 saturated heterocycles. The summed E-state index contributed by atoms with van der Waals surface area (Å²) in [5.41, 5.74) is -0.949. The molecule has 1 fully saturated rings. The molecule has 0 aliphatic carbocycles. The van der Waals surface area contributed by atoms with Crippen LogP contribution in [0, 0.1) is 0 Å². The number of benzene rings is 1. The van der Waals surface area contributed by atoms with Crippen LogP contribution in [-0.4, -0.2) is 42.1 Å². The number of nitrogens with zero attached hydrogens (tertiary/aromatic N) is 1. The standard InChI is InChI=1S/C14H17F3N2O2/c15-14(16,17)11-4-2-1-3-10(11)12(20)9-19-7-5-13(21)18-6-8-19/h1-4,12,20H,5-9H2,(H,18,21). The third kappa shape index (κ3) is 4.18. The number of carbonyl (C=O) groups is 1. The quantitative estimate of drug-likeness (QED) is 0.891. The molecule has 2 rings (SSSR count). The van der Waals surface area contributed by atoms with Crippen LogP contribution in [0.2, 0.25) is 0 Å². The SMILES string of the molecule is O=C1CCN(CC(O)c2ccccc2C(F)(F)F)CCN1. The van der Waals surface area contributed by atoms with Crippen LogP contribution in [0.25, 0.3) is 0 Å². The molecule has 2 N–H and O–H groups in total. The summed E-state index contributed by atoms with van der Waals surface area (Å²) in [5, 5.41) is 12.8. The van der Waals surface area contributed by atoms with Crippen LogP contribution in [0.15, 0.2) is 24.3 Å². The molecule has 0 bridgehead atoms. The Balaban J connectivity index is 2.10. The van der Waals surface area contributed by atoms with E-state index < -0.39 is 17.8 Å². The maximum Gasteiger partial charge on any atom is 0.416 e. The van der Waals surface area contributed by atoms with E-state index in [-0.39, 0.29) is 24.4 Å². The highest BCUT2D eigenvalue weighted by Crippen LogP contribution is 2.34. The van der Waals surface area contributed by atoms with Crippen LogP contribution in [0.3, 0.4) is 0 Å². The molecule has 1 heterocycles. The molecule has 1 aromatic rings. The Morgan fingerprint density at radius 3 is 2.71 bits per heavy atom. The molecule has 116 valence electrons. The van der Waals surface area contributed by atoms with E-state index in [1.165, 1.54) is 18.2 Å². The maximum absolute atomic E-state index is 12.9. The van der Waals surface area contributed by atoms with Gasteiger partial charge in [0.1, 0.15) is 0 Å². The first-order valence-corrected chi connectivity index (χ1v) is 6.71. The van der Waals surface area contributed by atoms with Gasteiger partial charge in [-0.25, -0.2) is 0 Å². The summed E-state index contributed by atoms with van der Waals surface area (Å²) in [4.78, 5) is 13.0. The summed E-state index contributed by atoms with van der Waals surface area (Å²) >= 11 is 0. The van der Waals surface area contributed by atoms with Gasteiger partial charge in [-0.1, -0.05) is 18.2 Å². The Hall–Kier alpha value is -1.60. The first-order valence-electron chi connectivity index (χ1n) is 6.71. The molecule has 7 heteroatoms. The molecule has 1 amide bonds. The monoisotopic (exact) mass is 302 g/mol. The topological polar surface area (TPSA) is 52.6 Å². The average Bonchev–Trinajstić information content (AvgIpc) is 2.63. The highest BCUT2D eigenvalue weighted by Gasteiger charge is 2.35. The summed E-state index contributed by atoms with van der Waals surface area (Å²) < 4.78 is 38.8. The van der Waals surface area contributed by atoms with Gasteiger partial charge in [0.05, 0.1) is 11.7 Å². The second kappa shape index (κ2) is 6.44. The molecule has 1 unspecified atom stereocenters. The first-order chi connectivity index (χ1) is 9.88. The molecule has 4 nitrogen and oxygen atoms in total. The van der Waals surface area contributed by atoms with Gasteiger partial charge in [-0.3, -0.25) is 9.69 Å². The minimum atomic E-state index is -4.49. The van der Waals surface area contributed by atoms with Crippen molar-refractivity contribution in [2.45, 2.75) is 18.7 Å². The molecule has 0 saturated carbocycles. The summed E-state index contributed by atoms with van der Waals surface area (Å²) in [6.45, 7) is 1.45. The molecular formula is C14H17F3N2O2.